The van der Waals surface area contributed by atoms with Crippen LogP contribution in [0, 0.1) is 0 Å². The second-order valence-corrected chi connectivity index (χ2v) is 7.28. The zero-order chi connectivity index (χ0) is 14.9. The fourth-order valence-electron chi connectivity index (χ4n) is 3.86. The van der Waals surface area contributed by atoms with Gasteiger partial charge in [0.05, 0.1) is 5.60 Å². The molecule has 3 rings (SSSR count). The van der Waals surface area contributed by atoms with Crippen molar-refractivity contribution >= 4 is 11.6 Å². The van der Waals surface area contributed by atoms with Gasteiger partial charge in [-0.3, -0.25) is 4.90 Å². The highest BCUT2D eigenvalue weighted by Gasteiger charge is 2.42. The van der Waals surface area contributed by atoms with E-state index in [0.29, 0.717) is 12.1 Å². The van der Waals surface area contributed by atoms with Gasteiger partial charge in [0.1, 0.15) is 0 Å². The lowest BCUT2D eigenvalue weighted by atomic mass is 9.97. The van der Waals surface area contributed by atoms with E-state index in [4.69, 9.17) is 11.6 Å². The lowest BCUT2D eigenvalue weighted by molar-refractivity contribution is 0.0581. The summed E-state index contributed by atoms with van der Waals surface area (Å²) < 4.78 is 0. The van der Waals surface area contributed by atoms with Gasteiger partial charge in [-0.2, -0.15) is 0 Å². The Morgan fingerprint density at radius 1 is 1.29 bits per heavy atom. The molecular formula is C17H25ClN2O. The van der Waals surface area contributed by atoms with Crippen molar-refractivity contribution in [2.24, 2.45) is 0 Å². The summed E-state index contributed by atoms with van der Waals surface area (Å²) >= 11 is 5.97. The van der Waals surface area contributed by atoms with Crippen LogP contribution < -0.4 is 5.32 Å². The van der Waals surface area contributed by atoms with Gasteiger partial charge >= 0.3 is 0 Å². The molecule has 0 aliphatic carbocycles. The first-order valence-electron chi connectivity index (χ1n) is 7.97. The smallest absolute Gasteiger partial charge is 0.0761 e. The maximum absolute atomic E-state index is 10.5. The Labute approximate surface area is 132 Å². The molecule has 1 aromatic carbocycles. The van der Waals surface area contributed by atoms with Crippen LogP contribution in [0.5, 0.6) is 0 Å². The number of halogens is 1. The fraction of sp³-hybridized carbons (Fsp3) is 0.647. The number of hydrogen-bond donors (Lipinski definition) is 2. The molecule has 2 aliphatic rings. The highest BCUT2D eigenvalue weighted by molar-refractivity contribution is 6.30. The van der Waals surface area contributed by atoms with Gasteiger partial charge in [0.15, 0.2) is 0 Å². The van der Waals surface area contributed by atoms with E-state index in [2.05, 4.69) is 22.3 Å². The number of β-amino-alcohol motifs (C(OH)–C–C–N with tert-alkyl or cyclic N) is 1. The number of nitrogens with zero attached hydrogens (tertiary/aromatic N) is 1. The molecule has 0 spiro atoms. The fourth-order valence-corrected chi connectivity index (χ4v) is 3.99. The van der Waals surface area contributed by atoms with Crippen molar-refractivity contribution in [2.75, 3.05) is 19.6 Å². The van der Waals surface area contributed by atoms with Crippen LogP contribution in [0.15, 0.2) is 24.3 Å². The molecule has 2 fully saturated rings. The largest absolute Gasteiger partial charge is 0.389 e. The number of hydrogen-bond acceptors (Lipinski definition) is 3. The van der Waals surface area contributed by atoms with Gasteiger partial charge in [-0.15, -0.1) is 0 Å². The summed E-state index contributed by atoms with van der Waals surface area (Å²) in [6.07, 6.45) is 4.23. The molecule has 2 atom stereocenters. The maximum Gasteiger partial charge on any atom is 0.0761 e. The average Bonchev–Trinajstić information content (AvgIpc) is 2.77. The molecule has 0 bridgehead atoms. The van der Waals surface area contributed by atoms with E-state index in [1.54, 1.807) is 0 Å². The molecule has 0 aromatic heterocycles. The van der Waals surface area contributed by atoms with Crippen molar-refractivity contribution in [3.05, 3.63) is 34.9 Å². The topological polar surface area (TPSA) is 35.5 Å². The van der Waals surface area contributed by atoms with Gasteiger partial charge in [0.2, 0.25) is 0 Å². The van der Waals surface area contributed by atoms with Crippen molar-refractivity contribution in [3.8, 4) is 0 Å². The molecule has 0 amide bonds. The Hall–Kier alpha value is -0.610. The van der Waals surface area contributed by atoms with Crippen LogP contribution in [0.3, 0.4) is 0 Å². The molecule has 2 heterocycles. The molecule has 1 aromatic rings. The van der Waals surface area contributed by atoms with E-state index < -0.39 is 5.60 Å². The third-order valence-corrected chi connectivity index (χ3v) is 5.08. The summed E-state index contributed by atoms with van der Waals surface area (Å²) in [6.45, 7) is 4.97. The minimum absolute atomic E-state index is 0.435. The minimum atomic E-state index is -0.554. The predicted molar refractivity (Wildman–Crippen MR) is 86.8 cm³/mol. The molecule has 0 saturated carbocycles. The summed E-state index contributed by atoms with van der Waals surface area (Å²) in [5, 5.41) is 14.7. The first kappa shape index (κ1) is 15.3. The van der Waals surface area contributed by atoms with E-state index in [9.17, 15) is 5.11 Å². The van der Waals surface area contributed by atoms with Crippen LogP contribution in [0.4, 0.5) is 0 Å². The lowest BCUT2D eigenvalue weighted by Crippen LogP contribution is -2.46. The normalized spacial score (nSPS) is 31.7. The van der Waals surface area contributed by atoms with Crippen molar-refractivity contribution in [3.63, 3.8) is 0 Å². The van der Waals surface area contributed by atoms with Crippen LogP contribution in [0.2, 0.25) is 5.02 Å². The highest BCUT2D eigenvalue weighted by Crippen LogP contribution is 2.33. The molecule has 2 aliphatic heterocycles. The number of piperidine rings is 1. The van der Waals surface area contributed by atoms with E-state index in [1.165, 1.54) is 18.4 Å². The maximum atomic E-state index is 10.5. The molecule has 2 saturated heterocycles. The average molecular weight is 309 g/mol. The van der Waals surface area contributed by atoms with Crippen LogP contribution in [-0.2, 0) is 6.42 Å². The van der Waals surface area contributed by atoms with Gasteiger partial charge < -0.3 is 10.4 Å². The molecule has 2 N–H and O–H groups in total. The van der Waals surface area contributed by atoms with Gasteiger partial charge in [0, 0.05) is 23.7 Å². The molecule has 21 heavy (non-hydrogen) atoms. The van der Waals surface area contributed by atoms with Gasteiger partial charge in [0.25, 0.3) is 0 Å². The van der Waals surface area contributed by atoms with Crippen molar-refractivity contribution in [1.29, 1.82) is 0 Å². The third-order valence-electron chi connectivity index (χ3n) is 4.83. The Balaban J connectivity index is 1.72. The molecule has 116 valence electrons. The molecule has 1 unspecified atom stereocenters. The molecular weight excluding hydrogens is 284 g/mol. The minimum Gasteiger partial charge on any atom is -0.389 e. The van der Waals surface area contributed by atoms with E-state index in [0.717, 1.165) is 37.5 Å². The van der Waals surface area contributed by atoms with Crippen LogP contribution in [0.1, 0.15) is 31.7 Å². The first-order valence-corrected chi connectivity index (χ1v) is 8.35. The van der Waals surface area contributed by atoms with Crippen molar-refractivity contribution < 1.29 is 5.11 Å². The number of rotatable bonds is 3. The van der Waals surface area contributed by atoms with Gasteiger partial charge in [-0.05, 0) is 63.4 Å². The summed E-state index contributed by atoms with van der Waals surface area (Å²) in [5.41, 5.74) is 0.753. The van der Waals surface area contributed by atoms with E-state index in [-0.39, 0.29) is 0 Å². The molecule has 3 nitrogen and oxygen atoms in total. The lowest BCUT2D eigenvalue weighted by Gasteiger charge is -2.36. The van der Waals surface area contributed by atoms with E-state index in [1.807, 2.05) is 19.1 Å². The second kappa shape index (κ2) is 6.25. The Bertz CT molecular complexity index is 468. The Kier molecular flexibility index (Phi) is 4.55. The monoisotopic (exact) mass is 308 g/mol. The van der Waals surface area contributed by atoms with Gasteiger partial charge in [-0.1, -0.05) is 23.7 Å². The number of benzene rings is 1. The second-order valence-electron chi connectivity index (χ2n) is 6.84. The van der Waals surface area contributed by atoms with Crippen LogP contribution in [0.25, 0.3) is 0 Å². The number of aliphatic hydroxyl groups is 1. The van der Waals surface area contributed by atoms with Gasteiger partial charge in [-0.25, -0.2) is 0 Å². The number of nitrogens with one attached hydrogen (secondary N) is 1. The third kappa shape index (κ3) is 3.78. The standard InChI is InChI=1S/C17H25ClN2O/c1-17(21)11-16(10-13-2-4-14(18)5-3-13)20(12-17)15-6-8-19-9-7-15/h2-5,15-16,19,21H,6-12H2,1H3/t16-,17?/m0/s1. The summed E-state index contributed by atoms with van der Waals surface area (Å²) in [6, 6.07) is 9.17. The quantitative estimate of drug-likeness (QED) is 0.900. The Morgan fingerprint density at radius 2 is 1.95 bits per heavy atom. The number of likely N-dealkylation sites (tertiary alicyclic amines) is 1. The predicted octanol–water partition coefficient (Wildman–Crippen LogP) is 2.46. The van der Waals surface area contributed by atoms with E-state index >= 15 is 0 Å². The first-order chi connectivity index (χ1) is 10.0. The summed E-state index contributed by atoms with van der Waals surface area (Å²) in [5.74, 6) is 0. The Morgan fingerprint density at radius 3 is 2.62 bits per heavy atom. The summed E-state index contributed by atoms with van der Waals surface area (Å²) in [4.78, 5) is 2.55. The van der Waals surface area contributed by atoms with Crippen molar-refractivity contribution in [2.45, 2.75) is 50.3 Å². The zero-order valence-corrected chi connectivity index (χ0v) is 13.4. The summed E-state index contributed by atoms with van der Waals surface area (Å²) in [7, 11) is 0. The zero-order valence-electron chi connectivity index (χ0n) is 12.7. The highest BCUT2D eigenvalue weighted by atomic mass is 35.5. The van der Waals surface area contributed by atoms with Crippen molar-refractivity contribution in [1.82, 2.24) is 10.2 Å². The molecule has 4 heteroatoms. The SMILES string of the molecule is CC1(O)C[C@H](Cc2ccc(Cl)cc2)N(C2CCNCC2)C1. The molecule has 0 radical (unpaired) electrons. The van der Waals surface area contributed by atoms with Crippen LogP contribution in [-0.4, -0.2) is 47.3 Å². The van der Waals surface area contributed by atoms with Crippen LogP contribution >= 0.6 is 11.6 Å².